The van der Waals surface area contributed by atoms with E-state index in [9.17, 15) is 17.6 Å². The van der Waals surface area contributed by atoms with Crippen LogP contribution in [-0.4, -0.2) is 31.9 Å². The molecule has 3 aromatic rings. The summed E-state index contributed by atoms with van der Waals surface area (Å²) in [6, 6.07) is 11.3. The molecule has 0 radical (unpaired) electrons. The van der Waals surface area contributed by atoms with Gasteiger partial charge in [0.05, 0.1) is 10.6 Å². The summed E-state index contributed by atoms with van der Waals surface area (Å²) in [5.41, 5.74) is 0.628. The Kier molecular flexibility index (Phi) is 9.22. The normalized spacial score (nSPS) is 11.9. The van der Waals surface area contributed by atoms with Crippen molar-refractivity contribution in [1.82, 2.24) is 10.3 Å². The van der Waals surface area contributed by atoms with Gasteiger partial charge >= 0.3 is 0 Å². The van der Waals surface area contributed by atoms with Crippen molar-refractivity contribution < 1.29 is 17.6 Å². The van der Waals surface area contributed by atoms with Crippen LogP contribution in [0.1, 0.15) is 19.9 Å². The number of aromatic nitrogens is 1. The Balaban J connectivity index is 0.00000385. The molecule has 1 heterocycles. The highest BCUT2D eigenvalue weighted by molar-refractivity contribution is 7.93. The number of nitrogens with zero attached hydrogens (tertiary/aromatic N) is 2. The van der Waals surface area contributed by atoms with Gasteiger partial charge in [-0.1, -0.05) is 30.6 Å². The minimum atomic E-state index is -4.32. The van der Waals surface area contributed by atoms with Gasteiger partial charge < -0.3 is 5.32 Å². The molecule has 10 heteroatoms. The lowest BCUT2D eigenvalue weighted by Gasteiger charge is -2.30. The summed E-state index contributed by atoms with van der Waals surface area (Å²) >= 11 is 11.9. The molecular weight excluding hydrogens is 488 g/mol. The molecule has 176 valence electrons. The third kappa shape index (κ3) is 6.43. The number of halogens is 3. The van der Waals surface area contributed by atoms with Gasteiger partial charge in [-0.15, -0.1) is 0 Å². The van der Waals surface area contributed by atoms with E-state index in [0.717, 1.165) is 15.9 Å². The van der Waals surface area contributed by atoms with Crippen LogP contribution in [0.4, 0.5) is 10.1 Å². The zero-order valence-corrected chi connectivity index (χ0v) is 19.3. The average Bonchev–Trinajstić information content (AvgIpc) is 2.77. The van der Waals surface area contributed by atoms with Crippen LogP contribution >= 0.6 is 23.2 Å². The minimum Gasteiger partial charge on any atom is -0.354 e. The van der Waals surface area contributed by atoms with Crippen LogP contribution in [0, 0.1) is 5.82 Å². The van der Waals surface area contributed by atoms with E-state index in [4.69, 9.17) is 23.2 Å². The van der Waals surface area contributed by atoms with Gasteiger partial charge in [0.25, 0.3) is 10.0 Å². The Morgan fingerprint density at radius 2 is 1.67 bits per heavy atom. The van der Waals surface area contributed by atoms with Crippen LogP contribution in [-0.2, 0) is 21.2 Å². The van der Waals surface area contributed by atoms with Gasteiger partial charge in [0.2, 0.25) is 5.91 Å². The summed E-state index contributed by atoms with van der Waals surface area (Å²) in [5, 5.41) is 3.17. The first-order chi connectivity index (χ1) is 15.2. The smallest absolute Gasteiger partial charge is 0.265 e. The lowest BCUT2D eigenvalue weighted by molar-refractivity contribution is -0.121. The molecule has 1 atom stereocenters. The molecule has 0 fully saturated rings. The van der Waals surface area contributed by atoms with Crippen molar-refractivity contribution in [2.45, 2.75) is 31.7 Å². The molecule has 0 saturated heterocycles. The second kappa shape index (κ2) is 11.4. The molecule has 0 spiro atoms. The first-order valence-electron chi connectivity index (χ1n) is 9.62. The van der Waals surface area contributed by atoms with Gasteiger partial charge in [0.15, 0.2) is 0 Å². The Morgan fingerprint density at radius 1 is 1.06 bits per heavy atom. The zero-order chi connectivity index (χ0) is 23.3. The number of benzene rings is 2. The number of pyridine rings is 1. The number of rotatable bonds is 8. The monoisotopic (exact) mass is 511 g/mol. The number of hydrogen-bond donors (Lipinski definition) is 1. The van der Waals surface area contributed by atoms with Crippen LogP contribution < -0.4 is 9.62 Å². The van der Waals surface area contributed by atoms with Gasteiger partial charge in [0, 0.05) is 29.0 Å². The summed E-state index contributed by atoms with van der Waals surface area (Å²) in [6.07, 6.45) is 3.81. The molecule has 3 rings (SSSR count). The molecule has 33 heavy (non-hydrogen) atoms. The Bertz CT molecular complexity index is 1190. The number of hydrogen-bond acceptors (Lipinski definition) is 4. The van der Waals surface area contributed by atoms with Crippen LogP contribution in [0.3, 0.4) is 0 Å². The molecule has 1 N–H and O–H groups in total. The van der Waals surface area contributed by atoms with E-state index >= 15 is 0 Å². The lowest BCUT2D eigenvalue weighted by atomic mass is 10.2. The first kappa shape index (κ1) is 26.6. The summed E-state index contributed by atoms with van der Waals surface area (Å²) in [7, 11) is -4.32. The quantitative estimate of drug-likeness (QED) is 0.455. The molecule has 2 aromatic carbocycles. The van der Waals surface area contributed by atoms with Crippen LogP contribution in [0.5, 0.6) is 0 Å². The highest BCUT2D eigenvalue weighted by atomic mass is 35.5. The second-order valence-electron chi connectivity index (χ2n) is 6.92. The largest absolute Gasteiger partial charge is 0.354 e. The molecule has 0 aliphatic heterocycles. The topological polar surface area (TPSA) is 79.4 Å². The fourth-order valence-corrected chi connectivity index (χ4v) is 4.97. The van der Waals surface area contributed by atoms with Crippen molar-refractivity contribution in [1.29, 1.82) is 0 Å². The van der Waals surface area contributed by atoms with E-state index < -0.39 is 27.8 Å². The number of carbonyl (C=O) groups excluding carboxylic acids is 1. The average molecular weight is 512 g/mol. The van der Waals surface area contributed by atoms with E-state index in [1.54, 1.807) is 12.4 Å². The van der Waals surface area contributed by atoms with Crippen molar-refractivity contribution in [3.05, 3.63) is 88.4 Å². The summed E-state index contributed by atoms with van der Waals surface area (Å²) in [4.78, 5) is 16.7. The van der Waals surface area contributed by atoms with Crippen LogP contribution in [0.15, 0.2) is 71.9 Å². The summed E-state index contributed by atoms with van der Waals surface area (Å²) in [5.74, 6) is -1.42. The van der Waals surface area contributed by atoms with Gasteiger partial charge in [-0.25, -0.2) is 12.8 Å². The summed E-state index contributed by atoms with van der Waals surface area (Å²) in [6.45, 7) is 1.65. The Hall–Kier alpha value is -2.68. The van der Waals surface area contributed by atoms with Gasteiger partial charge in [-0.2, -0.15) is 0 Å². The van der Waals surface area contributed by atoms with E-state index in [-0.39, 0.29) is 29.6 Å². The molecule has 1 amide bonds. The molecule has 0 bridgehead atoms. The predicted octanol–water partition coefficient (Wildman–Crippen LogP) is 5.11. The molecule has 6 nitrogen and oxygen atoms in total. The second-order valence-corrected chi connectivity index (χ2v) is 9.61. The van der Waals surface area contributed by atoms with Crippen LogP contribution in [0.25, 0.3) is 0 Å². The standard InChI is InChI=1S/C22H20Cl2FN3O3S.CH4/c1-15(22(29)27-13-10-16-8-11-26-12-9-16)28(21-14-18(24)4-7-20(21)25)32(30,31)19-5-2-17(23)3-6-19;/h2-9,11-12,14-15H,10,13H2,1H3,(H,27,29);1H4/t15-;/m1./s1. The number of sulfonamides is 1. The third-order valence-electron chi connectivity index (χ3n) is 4.71. The van der Waals surface area contributed by atoms with Crippen molar-refractivity contribution in [3.8, 4) is 0 Å². The highest BCUT2D eigenvalue weighted by Gasteiger charge is 2.35. The van der Waals surface area contributed by atoms with Crippen molar-refractivity contribution in [2.24, 2.45) is 0 Å². The highest BCUT2D eigenvalue weighted by Crippen LogP contribution is 2.31. The molecule has 0 aliphatic carbocycles. The SMILES string of the molecule is C.C[C@H](C(=O)NCCc1ccncc1)N(c1cc(Cl)ccc1F)S(=O)(=O)c1ccc(Cl)cc1. The predicted molar refractivity (Wildman–Crippen MR) is 130 cm³/mol. The summed E-state index contributed by atoms with van der Waals surface area (Å²) < 4.78 is 42.3. The number of anilines is 1. The molecular formula is C23H24Cl2FN3O3S. The zero-order valence-electron chi connectivity index (χ0n) is 17.0. The van der Waals surface area contributed by atoms with Gasteiger partial charge in [-0.05, 0) is 73.5 Å². The van der Waals surface area contributed by atoms with Crippen molar-refractivity contribution in [2.75, 3.05) is 10.8 Å². The van der Waals surface area contributed by atoms with E-state index in [1.165, 1.54) is 43.3 Å². The van der Waals surface area contributed by atoms with Crippen molar-refractivity contribution >= 4 is 44.8 Å². The molecule has 0 aliphatic rings. The minimum absolute atomic E-state index is 0. The van der Waals surface area contributed by atoms with Gasteiger partial charge in [-0.3, -0.25) is 14.1 Å². The maximum absolute atomic E-state index is 14.7. The molecule has 0 unspecified atom stereocenters. The maximum atomic E-state index is 14.7. The van der Waals surface area contributed by atoms with E-state index in [2.05, 4.69) is 10.3 Å². The lowest BCUT2D eigenvalue weighted by Crippen LogP contribution is -2.49. The first-order valence-corrected chi connectivity index (χ1v) is 11.8. The maximum Gasteiger partial charge on any atom is 0.265 e. The fourth-order valence-electron chi connectivity index (χ4n) is 3.05. The third-order valence-corrected chi connectivity index (χ3v) is 7.10. The van der Waals surface area contributed by atoms with E-state index in [0.29, 0.717) is 11.4 Å². The number of carbonyl (C=O) groups is 1. The van der Waals surface area contributed by atoms with Crippen molar-refractivity contribution in [3.63, 3.8) is 0 Å². The van der Waals surface area contributed by atoms with Gasteiger partial charge in [0.1, 0.15) is 11.9 Å². The molecule has 1 aromatic heterocycles. The number of nitrogens with one attached hydrogen (secondary N) is 1. The fraction of sp³-hybridized carbons (Fsp3) is 0.217. The molecule has 0 saturated carbocycles. The Labute approximate surface area is 203 Å². The number of amides is 1. The van der Waals surface area contributed by atoms with Crippen LogP contribution in [0.2, 0.25) is 10.0 Å². The van der Waals surface area contributed by atoms with E-state index in [1.807, 2.05) is 12.1 Å². The Morgan fingerprint density at radius 3 is 2.30 bits per heavy atom.